The molecule has 0 bridgehead atoms. The average molecular weight is 208 g/mol. The quantitative estimate of drug-likeness (QED) is 0.455. The second kappa shape index (κ2) is 3.09. The van der Waals surface area contributed by atoms with E-state index < -0.39 is 21.9 Å². The first-order valence-electron chi connectivity index (χ1n) is 4.90. The molecule has 2 aromatic rings. The Morgan fingerprint density at radius 1 is 1.47 bits per heavy atom. The van der Waals surface area contributed by atoms with E-state index >= 15 is 0 Å². The summed E-state index contributed by atoms with van der Waals surface area (Å²) >= 11 is 0. The summed E-state index contributed by atoms with van der Waals surface area (Å²) in [5, 5.41) is 10.9. The molecular formula is C9H6N2O4. The van der Waals surface area contributed by atoms with Gasteiger partial charge in [-0.1, -0.05) is 12.1 Å². The third-order valence-electron chi connectivity index (χ3n) is 1.95. The summed E-state index contributed by atoms with van der Waals surface area (Å²) in [5.74, 6) is 0. The van der Waals surface area contributed by atoms with E-state index in [0.717, 1.165) is 0 Å². The number of nitro groups is 1. The van der Waals surface area contributed by atoms with Crippen molar-refractivity contribution in [2.45, 2.75) is 0 Å². The number of hydrogen-bond donors (Lipinski definition) is 1. The van der Waals surface area contributed by atoms with Crippen LogP contribution in [0.1, 0.15) is 0 Å². The molecule has 0 atom stereocenters. The fourth-order valence-electron chi connectivity index (χ4n) is 1.28. The molecule has 6 heteroatoms. The van der Waals surface area contributed by atoms with Gasteiger partial charge in [-0.15, -0.1) is 0 Å². The van der Waals surface area contributed by atoms with Gasteiger partial charge in [0.2, 0.25) is 0 Å². The number of nitrogen functional groups attached to an aromatic ring is 1. The molecule has 1 aromatic heterocycles. The van der Waals surface area contributed by atoms with E-state index in [1.54, 1.807) is 12.1 Å². The molecule has 6 nitrogen and oxygen atoms in total. The Balaban J connectivity index is 2.99. The minimum Gasteiger partial charge on any atom is -0.418 e. The minimum absolute atomic E-state index is 0.0391. The summed E-state index contributed by atoms with van der Waals surface area (Å²) in [7, 11) is 0. The first kappa shape index (κ1) is 6.99. The van der Waals surface area contributed by atoms with Crippen LogP contribution < -0.4 is 11.3 Å². The highest BCUT2D eigenvalue weighted by Gasteiger charge is 2.21. The lowest BCUT2D eigenvalue weighted by molar-refractivity contribution is -0.386. The van der Waals surface area contributed by atoms with Crippen molar-refractivity contribution in [1.29, 1.82) is 0 Å². The monoisotopic (exact) mass is 208 g/mol. The lowest BCUT2D eigenvalue weighted by Gasteiger charge is -1.99. The maximum Gasteiger partial charge on any atom is 0.417 e. The molecule has 2 rings (SSSR count). The van der Waals surface area contributed by atoms with E-state index in [1.165, 1.54) is 12.1 Å². The molecule has 0 spiro atoms. The Kier molecular flexibility index (Phi) is 1.44. The van der Waals surface area contributed by atoms with Crippen LogP contribution in [0.4, 0.5) is 11.4 Å². The molecule has 0 radical (unpaired) electrons. The smallest absolute Gasteiger partial charge is 0.417 e. The third kappa shape index (κ3) is 1.32. The predicted octanol–water partition coefficient (Wildman–Crippen LogP) is 1.28. The van der Waals surface area contributed by atoms with Crippen LogP contribution in [0, 0.1) is 10.1 Å². The number of nitrogens with two attached hydrogens (primary N) is 1. The Bertz CT molecular complexity index is 653. The van der Waals surface area contributed by atoms with Gasteiger partial charge in [-0.2, -0.15) is 0 Å². The van der Waals surface area contributed by atoms with Crippen LogP contribution in [0.5, 0.6) is 0 Å². The van der Waals surface area contributed by atoms with Crippen LogP contribution in [-0.2, 0) is 0 Å². The van der Waals surface area contributed by atoms with Crippen LogP contribution in [-0.4, -0.2) is 4.92 Å². The van der Waals surface area contributed by atoms with Crippen LogP contribution >= 0.6 is 0 Å². The van der Waals surface area contributed by atoms with Crippen molar-refractivity contribution >= 4 is 22.3 Å². The Morgan fingerprint density at radius 2 is 2.20 bits per heavy atom. The van der Waals surface area contributed by atoms with Gasteiger partial charge in [0.05, 0.1) is 4.92 Å². The summed E-state index contributed by atoms with van der Waals surface area (Å²) < 4.78 is 19.0. The fraction of sp³-hybridized carbons (Fsp3) is 0. The molecule has 1 aromatic carbocycles. The van der Waals surface area contributed by atoms with Gasteiger partial charge in [0, 0.05) is 5.39 Å². The second-order valence-corrected chi connectivity index (χ2v) is 2.84. The van der Waals surface area contributed by atoms with Crippen molar-refractivity contribution < 1.29 is 12.2 Å². The SMILES string of the molecule is [2H]N([2H])c1c([N+](=O)[O-])c(=O)oc2ccccc12. The minimum atomic E-state index is -1.17. The number of benzene rings is 1. The normalized spacial score (nSPS) is 12.0. The van der Waals surface area contributed by atoms with Gasteiger partial charge in [-0.25, -0.2) is 4.79 Å². The summed E-state index contributed by atoms with van der Waals surface area (Å²) in [5.41, 5.74) is -2.34. The first-order valence-corrected chi connectivity index (χ1v) is 4.00. The topological polar surface area (TPSA) is 99.4 Å². The van der Waals surface area contributed by atoms with Gasteiger partial charge in [0.15, 0.2) is 2.82 Å². The predicted molar refractivity (Wildman–Crippen MR) is 53.6 cm³/mol. The van der Waals surface area contributed by atoms with E-state index in [-0.39, 0.29) is 16.7 Å². The van der Waals surface area contributed by atoms with Crippen LogP contribution in [0.15, 0.2) is 33.5 Å². The van der Waals surface area contributed by atoms with Gasteiger partial charge in [-0.3, -0.25) is 10.1 Å². The summed E-state index contributed by atoms with van der Waals surface area (Å²) in [6, 6.07) is 6.03. The van der Waals surface area contributed by atoms with Crippen molar-refractivity contribution in [2.24, 2.45) is 0 Å². The number of rotatable bonds is 2. The molecule has 0 saturated heterocycles. The van der Waals surface area contributed by atoms with Crippen LogP contribution in [0.25, 0.3) is 11.0 Å². The van der Waals surface area contributed by atoms with Gasteiger partial charge in [-0.05, 0) is 12.1 Å². The molecule has 1 heterocycles. The van der Waals surface area contributed by atoms with Crippen LogP contribution in [0.2, 0.25) is 2.82 Å². The Labute approximate surface area is 86.0 Å². The van der Waals surface area contributed by atoms with Gasteiger partial charge in [0.1, 0.15) is 11.3 Å². The van der Waals surface area contributed by atoms with Crippen molar-refractivity contribution in [2.75, 3.05) is 5.72 Å². The maximum absolute atomic E-state index is 11.4. The fourth-order valence-corrected chi connectivity index (χ4v) is 1.28. The molecule has 76 valence electrons. The molecule has 0 amide bonds. The molecule has 0 fully saturated rings. The number of hydrogen-bond acceptors (Lipinski definition) is 5. The number of nitrogens with zero attached hydrogens (tertiary/aromatic N) is 1. The highest BCUT2D eigenvalue weighted by atomic mass is 16.6. The highest BCUT2D eigenvalue weighted by molar-refractivity contribution is 5.92. The van der Waals surface area contributed by atoms with Crippen molar-refractivity contribution in [3.63, 3.8) is 0 Å². The summed E-state index contributed by atoms with van der Waals surface area (Å²) in [6.07, 6.45) is 0. The van der Waals surface area contributed by atoms with E-state index in [0.29, 0.717) is 0 Å². The van der Waals surface area contributed by atoms with Crippen molar-refractivity contribution in [1.82, 2.24) is 0 Å². The molecule has 2 N–H and O–H groups in total. The maximum atomic E-state index is 11.4. The van der Waals surface area contributed by atoms with E-state index in [4.69, 9.17) is 7.24 Å². The first-order chi connectivity index (χ1) is 8.02. The lowest BCUT2D eigenvalue weighted by Crippen LogP contribution is -2.10. The third-order valence-corrected chi connectivity index (χ3v) is 1.95. The largest absolute Gasteiger partial charge is 0.418 e. The molecule has 0 aliphatic heterocycles. The van der Waals surface area contributed by atoms with Crippen molar-refractivity contribution in [3.05, 3.63) is 44.8 Å². The van der Waals surface area contributed by atoms with E-state index in [1.807, 2.05) is 0 Å². The molecule has 0 aliphatic carbocycles. The average Bonchev–Trinajstić information content (AvgIpc) is 2.26. The Hall–Kier alpha value is -2.37. The lowest BCUT2D eigenvalue weighted by atomic mass is 10.2. The zero-order valence-corrected chi connectivity index (χ0v) is 7.34. The number of fused-ring (bicyclic) bond motifs is 1. The second-order valence-electron chi connectivity index (χ2n) is 2.84. The molecule has 0 aliphatic rings. The van der Waals surface area contributed by atoms with E-state index in [2.05, 4.69) is 0 Å². The van der Waals surface area contributed by atoms with Crippen molar-refractivity contribution in [3.8, 4) is 0 Å². The zero-order valence-electron chi connectivity index (χ0n) is 9.34. The van der Waals surface area contributed by atoms with E-state index in [9.17, 15) is 14.9 Å². The van der Waals surface area contributed by atoms with Gasteiger partial charge >= 0.3 is 11.3 Å². The zero-order chi connectivity index (χ0) is 12.6. The highest BCUT2D eigenvalue weighted by Crippen LogP contribution is 2.26. The summed E-state index contributed by atoms with van der Waals surface area (Å²) in [6.45, 7) is 0. The summed E-state index contributed by atoms with van der Waals surface area (Å²) in [4.78, 5) is 21.2. The molecule has 0 unspecified atom stereocenters. The van der Waals surface area contributed by atoms with Gasteiger partial charge in [0.25, 0.3) is 0 Å². The van der Waals surface area contributed by atoms with Crippen LogP contribution in [0.3, 0.4) is 0 Å². The standard InChI is InChI=1S/C9H6N2O4/c10-7-5-3-1-2-4-6(5)15-9(12)8(7)11(13)14/h1-4H,10H2/i/hD2. The number of para-hydroxylation sites is 1. The molecular weight excluding hydrogens is 200 g/mol. The van der Waals surface area contributed by atoms with Gasteiger partial charge < -0.3 is 10.1 Å². The Morgan fingerprint density at radius 3 is 2.87 bits per heavy atom. The number of anilines is 1. The molecule has 0 saturated carbocycles. The molecule has 15 heavy (non-hydrogen) atoms.